The molecule has 8 heteroatoms. The third kappa shape index (κ3) is 3.65. The average Bonchev–Trinajstić information content (AvgIpc) is 3.42. The number of hydrogen-bond donors (Lipinski definition) is 2. The van der Waals surface area contributed by atoms with E-state index in [0.717, 1.165) is 0 Å². The Labute approximate surface area is 187 Å². The van der Waals surface area contributed by atoms with E-state index in [4.69, 9.17) is 4.74 Å². The highest BCUT2D eigenvalue weighted by atomic mass is 32.1. The molecule has 4 rings (SSSR count). The fourth-order valence-electron chi connectivity index (χ4n) is 3.72. The molecule has 0 saturated heterocycles. The second-order valence-electron chi connectivity index (χ2n) is 6.97. The van der Waals surface area contributed by atoms with Gasteiger partial charge < -0.3 is 14.9 Å². The molecule has 1 amide bonds. The zero-order chi connectivity index (χ0) is 22.8. The lowest BCUT2D eigenvalue weighted by Crippen LogP contribution is -2.31. The van der Waals surface area contributed by atoms with Crippen LogP contribution in [0.3, 0.4) is 0 Å². The molecule has 0 radical (unpaired) electrons. The predicted octanol–water partition coefficient (Wildman–Crippen LogP) is 4.63. The minimum Gasteiger partial charge on any atom is -0.503 e. The largest absolute Gasteiger partial charge is 0.503 e. The van der Waals surface area contributed by atoms with Crippen LogP contribution in [0.15, 0.2) is 77.4 Å². The van der Waals surface area contributed by atoms with Crippen LogP contribution in [0.5, 0.6) is 5.75 Å². The second-order valence-corrected chi connectivity index (χ2v) is 7.92. The van der Waals surface area contributed by atoms with Crippen LogP contribution in [-0.4, -0.2) is 34.5 Å². The highest BCUT2D eigenvalue weighted by Gasteiger charge is 2.46. The Morgan fingerprint density at radius 3 is 2.56 bits per heavy atom. The Morgan fingerprint density at radius 2 is 1.88 bits per heavy atom. The van der Waals surface area contributed by atoms with E-state index in [2.05, 4.69) is 0 Å². The van der Waals surface area contributed by atoms with Gasteiger partial charge in [0.15, 0.2) is 5.76 Å². The van der Waals surface area contributed by atoms with E-state index in [1.54, 1.807) is 47.8 Å². The van der Waals surface area contributed by atoms with Gasteiger partial charge in [0.2, 0.25) is 5.78 Å². The van der Waals surface area contributed by atoms with Crippen LogP contribution in [0, 0.1) is 0 Å². The topological polar surface area (TPSA) is 104 Å². The fraction of sp³-hybridized carbons (Fsp3) is 0.125. The van der Waals surface area contributed by atoms with Gasteiger partial charge in [0.05, 0.1) is 28.7 Å². The zero-order valence-corrected chi connectivity index (χ0v) is 17.8. The number of carbonyl (C=O) groups is 3. The van der Waals surface area contributed by atoms with E-state index in [1.807, 2.05) is 6.92 Å². The first-order valence-electron chi connectivity index (χ1n) is 9.84. The van der Waals surface area contributed by atoms with Gasteiger partial charge in [-0.2, -0.15) is 0 Å². The Morgan fingerprint density at radius 1 is 1.09 bits per heavy atom. The molecule has 0 spiro atoms. The van der Waals surface area contributed by atoms with E-state index < -0.39 is 29.5 Å². The number of Topliss-reactive ketones (excluding diaryl/α,β-unsaturated/α-hetero) is 1. The molecular weight excluding hydrogens is 430 g/mol. The van der Waals surface area contributed by atoms with Crippen LogP contribution in [0.25, 0.3) is 0 Å². The molecule has 2 N–H and O–H groups in total. The number of hydrogen-bond acceptors (Lipinski definition) is 6. The number of benzene rings is 2. The van der Waals surface area contributed by atoms with Gasteiger partial charge in [0.1, 0.15) is 5.75 Å². The van der Waals surface area contributed by atoms with Gasteiger partial charge in [-0.3, -0.25) is 14.5 Å². The minimum absolute atomic E-state index is 0.0235. The van der Waals surface area contributed by atoms with Crippen molar-refractivity contribution in [2.75, 3.05) is 11.5 Å². The summed E-state index contributed by atoms with van der Waals surface area (Å²) in [7, 11) is 0. The molecule has 2 aromatic carbocycles. The SMILES string of the molecule is CCOc1ccccc1C1C(C(=O)c2cccs2)=C(O)C(=O)N1c1cccc(C(=O)O)c1. The number of rotatable bonds is 7. The monoisotopic (exact) mass is 449 g/mol. The molecule has 32 heavy (non-hydrogen) atoms. The lowest BCUT2D eigenvalue weighted by atomic mass is 9.94. The van der Waals surface area contributed by atoms with Crippen molar-refractivity contribution >= 4 is 34.7 Å². The number of thiophene rings is 1. The molecule has 0 aliphatic carbocycles. The first kappa shape index (κ1) is 21.3. The summed E-state index contributed by atoms with van der Waals surface area (Å²) in [5.41, 5.74) is 0.647. The van der Waals surface area contributed by atoms with Crippen molar-refractivity contribution in [1.82, 2.24) is 0 Å². The average molecular weight is 449 g/mol. The standard InChI is InChI=1S/C24H19NO6S/c1-2-31-17-10-4-3-9-16(17)20-19(21(26)18-11-6-12-32-18)22(27)23(28)25(20)15-8-5-7-14(13-15)24(29)30/h3-13,20,27H,2H2,1H3,(H,29,30). The molecule has 7 nitrogen and oxygen atoms in total. The summed E-state index contributed by atoms with van der Waals surface area (Å²) in [6, 6.07) is 15.1. The Kier molecular flexibility index (Phi) is 5.79. The summed E-state index contributed by atoms with van der Waals surface area (Å²) in [5, 5.41) is 21.9. The van der Waals surface area contributed by atoms with Crippen molar-refractivity contribution in [3.63, 3.8) is 0 Å². The molecule has 1 unspecified atom stereocenters. The number of carboxylic acid groups (broad SMARTS) is 1. The van der Waals surface area contributed by atoms with E-state index >= 15 is 0 Å². The van der Waals surface area contributed by atoms with Gasteiger partial charge in [-0.25, -0.2) is 4.79 Å². The maximum absolute atomic E-state index is 13.3. The zero-order valence-electron chi connectivity index (χ0n) is 17.0. The third-order valence-corrected chi connectivity index (χ3v) is 5.95. The molecule has 2 heterocycles. The van der Waals surface area contributed by atoms with E-state index in [0.29, 0.717) is 22.8 Å². The number of aliphatic hydroxyl groups is 1. The van der Waals surface area contributed by atoms with Gasteiger partial charge >= 0.3 is 5.97 Å². The molecular formula is C24H19NO6S. The van der Waals surface area contributed by atoms with Crippen molar-refractivity contribution in [2.24, 2.45) is 0 Å². The van der Waals surface area contributed by atoms with Crippen LogP contribution in [0.1, 0.15) is 38.6 Å². The van der Waals surface area contributed by atoms with Crippen LogP contribution in [0.4, 0.5) is 5.69 Å². The Bertz CT molecular complexity index is 1230. The van der Waals surface area contributed by atoms with Crippen molar-refractivity contribution in [3.8, 4) is 5.75 Å². The molecule has 0 bridgehead atoms. The van der Waals surface area contributed by atoms with Crippen LogP contribution >= 0.6 is 11.3 Å². The van der Waals surface area contributed by atoms with Gasteiger partial charge in [-0.1, -0.05) is 30.3 Å². The predicted molar refractivity (Wildman–Crippen MR) is 120 cm³/mol. The first-order valence-corrected chi connectivity index (χ1v) is 10.7. The summed E-state index contributed by atoms with van der Waals surface area (Å²) >= 11 is 1.20. The summed E-state index contributed by atoms with van der Waals surface area (Å²) in [6.45, 7) is 2.17. The van der Waals surface area contributed by atoms with Gasteiger partial charge in [-0.15, -0.1) is 11.3 Å². The molecule has 0 saturated carbocycles. The smallest absolute Gasteiger partial charge is 0.335 e. The number of anilines is 1. The number of aromatic carboxylic acids is 1. The Balaban J connectivity index is 1.93. The lowest BCUT2D eigenvalue weighted by Gasteiger charge is -2.28. The van der Waals surface area contributed by atoms with Gasteiger partial charge in [-0.05, 0) is 42.6 Å². The summed E-state index contributed by atoms with van der Waals surface area (Å²) in [6.07, 6.45) is 0. The molecule has 1 aromatic heterocycles. The number of amides is 1. The number of carboxylic acids is 1. The highest BCUT2D eigenvalue weighted by molar-refractivity contribution is 7.12. The maximum Gasteiger partial charge on any atom is 0.335 e. The maximum atomic E-state index is 13.3. The van der Waals surface area contributed by atoms with Crippen molar-refractivity contribution < 1.29 is 29.3 Å². The third-order valence-electron chi connectivity index (χ3n) is 5.08. The summed E-state index contributed by atoms with van der Waals surface area (Å²) in [4.78, 5) is 39.7. The molecule has 0 fully saturated rings. The van der Waals surface area contributed by atoms with E-state index in [9.17, 15) is 24.6 Å². The number of aliphatic hydroxyl groups excluding tert-OH is 1. The van der Waals surface area contributed by atoms with E-state index in [-0.39, 0.29) is 16.8 Å². The lowest BCUT2D eigenvalue weighted by molar-refractivity contribution is -0.117. The van der Waals surface area contributed by atoms with Gasteiger partial charge in [0.25, 0.3) is 5.91 Å². The summed E-state index contributed by atoms with van der Waals surface area (Å²) in [5.74, 6) is -2.63. The van der Waals surface area contributed by atoms with Crippen molar-refractivity contribution in [3.05, 3.63) is 93.4 Å². The number of ketones is 1. The number of nitrogens with zero attached hydrogens (tertiary/aromatic N) is 1. The molecule has 162 valence electrons. The quantitative estimate of drug-likeness (QED) is 0.510. The van der Waals surface area contributed by atoms with Gasteiger partial charge in [0, 0.05) is 11.3 Å². The summed E-state index contributed by atoms with van der Waals surface area (Å²) < 4.78 is 5.74. The van der Waals surface area contributed by atoms with Crippen LogP contribution in [-0.2, 0) is 4.79 Å². The number of ether oxygens (including phenoxy) is 1. The second kappa shape index (κ2) is 8.68. The number of carbonyl (C=O) groups excluding carboxylic acids is 2. The van der Waals surface area contributed by atoms with E-state index in [1.165, 1.54) is 34.4 Å². The first-order chi connectivity index (χ1) is 15.4. The molecule has 1 atom stereocenters. The highest BCUT2D eigenvalue weighted by Crippen LogP contribution is 2.45. The van der Waals surface area contributed by atoms with Crippen LogP contribution in [0.2, 0.25) is 0 Å². The minimum atomic E-state index is -1.16. The fourth-order valence-corrected chi connectivity index (χ4v) is 4.40. The van der Waals surface area contributed by atoms with Crippen LogP contribution < -0.4 is 9.64 Å². The van der Waals surface area contributed by atoms with Crippen molar-refractivity contribution in [1.29, 1.82) is 0 Å². The normalized spacial score (nSPS) is 15.8. The Hall–Kier alpha value is -3.91. The molecule has 3 aromatic rings. The molecule has 1 aliphatic rings. The van der Waals surface area contributed by atoms with Crippen molar-refractivity contribution in [2.45, 2.75) is 13.0 Å². The molecule has 1 aliphatic heterocycles. The number of para-hydroxylation sites is 1.